The van der Waals surface area contributed by atoms with Crippen LogP contribution < -0.4 is 5.73 Å². The number of nitrogen functional groups attached to an aromatic ring is 1. The average molecular weight is 423 g/mol. The number of anilines is 1. The van der Waals surface area contributed by atoms with Gasteiger partial charge in [0.05, 0.1) is 0 Å². The summed E-state index contributed by atoms with van der Waals surface area (Å²) in [6, 6.07) is 24.7. The zero-order valence-electron chi connectivity index (χ0n) is 18.8. The van der Waals surface area contributed by atoms with Gasteiger partial charge in [-0.3, -0.25) is 4.79 Å². The molecular weight excluding hydrogens is 392 g/mol. The standard InChI is InChI=1S/C29H30N2O/c1-3-4-10-27(23-8-6-5-7-9-23)29(25-17-18-28(31)26(19-25)20-30)24-15-13-22(14-16-24)12-11-21(2)32/h5-9,11-20,30H,3-4,10,31H2,1-2H3/b12-11+,29-27+,30-20?. The number of allylic oxidation sites excluding steroid dienone is 2. The lowest BCUT2D eigenvalue weighted by Crippen LogP contribution is -1.99. The zero-order chi connectivity index (χ0) is 22.9. The number of ketones is 1. The minimum Gasteiger partial charge on any atom is -0.398 e. The fourth-order valence-electron chi connectivity index (χ4n) is 3.75. The Kier molecular flexibility index (Phi) is 7.93. The normalized spacial score (nSPS) is 11.9. The first kappa shape index (κ1) is 23.0. The van der Waals surface area contributed by atoms with Gasteiger partial charge in [0.15, 0.2) is 5.78 Å². The Morgan fingerprint density at radius 1 is 0.938 bits per heavy atom. The molecule has 0 unspecified atom stereocenters. The van der Waals surface area contributed by atoms with E-state index in [4.69, 9.17) is 11.1 Å². The van der Waals surface area contributed by atoms with Gasteiger partial charge in [-0.05, 0) is 71.4 Å². The van der Waals surface area contributed by atoms with Crippen molar-refractivity contribution in [2.75, 3.05) is 5.73 Å². The molecule has 3 aromatic carbocycles. The number of rotatable bonds is 9. The summed E-state index contributed by atoms with van der Waals surface area (Å²) < 4.78 is 0. The van der Waals surface area contributed by atoms with Gasteiger partial charge in [-0.25, -0.2) is 0 Å². The van der Waals surface area contributed by atoms with E-state index in [-0.39, 0.29) is 5.78 Å². The highest BCUT2D eigenvalue weighted by Gasteiger charge is 2.15. The highest BCUT2D eigenvalue weighted by molar-refractivity contribution is 6.00. The van der Waals surface area contributed by atoms with Crippen LogP contribution in [0.15, 0.2) is 78.9 Å². The van der Waals surface area contributed by atoms with Gasteiger partial charge in [-0.15, -0.1) is 0 Å². The van der Waals surface area contributed by atoms with E-state index in [9.17, 15) is 4.79 Å². The first-order valence-corrected chi connectivity index (χ1v) is 11.0. The number of carbonyl (C=O) groups is 1. The van der Waals surface area contributed by atoms with Crippen LogP contribution in [0.25, 0.3) is 17.2 Å². The van der Waals surface area contributed by atoms with Gasteiger partial charge >= 0.3 is 0 Å². The molecule has 0 aliphatic rings. The molecule has 3 N–H and O–H groups in total. The first-order valence-electron chi connectivity index (χ1n) is 11.0. The molecular formula is C29H30N2O. The van der Waals surface area contributed by atoms with Crippen molar-refractivity contribution in [1.82, 2.24) is 0 Å². The molecule has 0 aliphatic heterocycles. The molecule has 0 aliphatic carbocycles. The Balaban J connectivity index is 2.24. The molecule has 0 saturated carbocycles. The summed E-state index contributed by atoms with van der Waals surface area (Å²) in [5.41, 5.74) is 14.1. The molecule has 0 heterocycles. The predicted molar refractivity (Wildman–Crippen MR) is 137 cm³/mol. The van der Waals surface area contributed by atoms with Gasteiger partial charge in [0, 0.05) is 17.5 Å². The molecule has 3 aromatic rings. The number of hydrogen-bond donors (Lipinski definition) is 2. The van der Waals surface area contributed by atoms with Crippen LogP contribution in [0.2, 0.25) is 0 Å². The summed E-state index contributed by atoms with van der Waals surface area (Å²) in [7, 11) is 0. The summed E-state index contributed by atoms with van der Waals surface area (Å²) in [4.78, 5) is 11.3. The van der Waals surface area contributed by atoms with Crippen molar-refractivity contribution in [1.29, 1.82) is 5.41 Å². The van der Waals surface area contributed by atoms with E-state index in [1.165, 1.54) is 17.4 Å². The maximum absolute atomic E-state index is 11.3. The summed E-state index contributed by atoms with van der Waals surface area (Å²) in [5, 5.41) is 7.76. The van der Waals surface area contributed by atoms with Crippen LogP contribution in [0.1, 0.15) is 60.9 Å². The molecule has 0 amide bonds. The highest BCUT2D eigenvalue weighted by atomic mass is 16.1. The third kappa shape index (κ3) is 5.70. The zero-order valence-corrected chi connectivity index (χ0v) is 18.8. The minimum atomic E-state index is 0.0293. The van der Waals surface area contributed by atoms with E-state index in [1.807, 2.05) is 42.5 Å². The van der Waals surface area contributed by atoms with Crippen molar-refractivity contribution >= 4 is 34.9 Å². The molecule has 3 nitrogen and oxygen atoms in total. The van der Waals surface area contributed by atoms with Crippen LogP contribution in [0.4, 0.5) is 5.69 Å². The van der Waals surface area contributed by atoms with Crippen LogP contribution in [0.5, 0.6) is 0 Å². The van der Waals surface area contributed by atoms with Gasteiger partial charge in [-0.1, -0.05) is 80.1 Å². The molecule has 32 heavy (non-hydrogen) atoms. The Morgan fingerprint density at radius 2 is 1.62 bits per heavy atom. The SMILES string of the molecule is CCCC/C(=C(/c1ccc(/C=C/C(C)=O)cc1)c1ccc(N)c(C=N)c1)c1ccccc1. The third-order valence-corrected chi connectivity index (χ3v) is 5.45. The van der Waals surface area contributed by atoms with Crippen molar-refractivity contribution in [3.63, 3.8) is 0 Å². The van der Waals surface area contributed by atoms with Gasteiger partial charge in [0.25, 0.3) is 0 Å². The number of unbranched alkanes of at least 4 members (excludes halogenated alkanes) is 1. The van der Waals surface area contributed by atoms with E-state index in [0.29, 0.717) is 11.3 Å². The molecule has 0 aromatic heterocycles. The molecule has 162 valence electrons. The van der Waals surface area contributed by atoms with Gasteiger partial charge in [0.1, 0.15) is 0 Å². The Bertz CT molecular complexity index is 1140. The Morgan fingerprint density at radius 3 is 2.25 bits per heavy atom. The summed E-state index contributed by atoms with van der Waals surface area (Å²) in [6.07, 6.45) is 7.86. The van der Waals surface area contributed by atoms with Crippen LogP contribution in [0, 0.1) is 5.41 Å². The molecule has 0 spiro atoms. The van der Waals surface area contributed by atoms with E-state index >= 15 is 0 Å². The van der Waals surface area contributed by atoms with Crippen molar-refractivity contribution < 1.29 is 4.79 Å². The number of hydrogen-bond acceptors (Lipinski definition) is 3. The lowest BCUT2D eigenvalue weighted by atomic mass is 9.86. The highest BCUT2D eigenvalue weighted by Crippen LogP contribution is 2.36. The van der Waals surface area contributed by atoms with Crippen LogP contribution in [0.3, 0.4) is 0 Å². The van der Waals surface area contributed by atoms with Crippen molar-refractivity contribution in [2.45, 2.75) is 33.1 Å². The van der Waals surface area contributed by atoms with Gasteiger partial charge < -0.3 is 11.1 Å². The largest absolute Gasteiger partial charge is 0.398 e. The third-order valence-electron chi connectivity index (χ3n) is 5.45. The van der Waals surface area contributed by atoms with Crippen LogP contribution in [-0.2, 0) is 4.79 Å². The van der Waals surface area contributed by atoms with E-state index in [2.05, 4.69) is 43.3 Å². The van der Waals surface area contributed by atoms with E-state index < -0.39 is 0 Å². The van der Waals surface area contributed by atoms with Crippen molar-refractivity contribution in [3.05, 3.63) is 107 Å². The fraction of sp³-hybridized carbons (Fsp3) is 0.172. The van der Waals surface area contributed by atoms with Gasteiger partial charge in [-0.2, -0.15) is 0 Å². The van der Waals surface area contributed by atoms with Crippen molar-refractivity contribution in [2.24, 2.45) is 0 Å². The van der Waals surface area contributed by atoms with Gasteiger partial charge in [0.2, 0.25) is 0 Å². The molecule has 3 rings (SSSR count). The van der Waals surface area contributed by atoms with E-state index in [0.717, 1.165) is 41.5 Å². The lowest BCUT2D eigenvalue weighted by molar-refractivity contribution is -0.112. The molecule has 0 atom stereocenters. The fourth-order valence-corrected chi connectivity index (χ4v) is 3.75. The number of carbonyl (C=O) groups excluding carboxylic acids is 1. The van der Waals surface area contributed by atoms with E-state index in [1.54, 1.807) is 13.0 Å². The minimum absolute atomic E-state index is 0.0293. The summed E-state index contributed by atoms with van der Waals surface area (Å²) in [6.45, 7) is 3.75. The molecule has 0 bridgehead atoms. The quantitative estimate of drug-likeness (QED) is 0.168. The second-order valence-electron chi connectivity index (χ2n) is 7.88. The monoisotopic (exact) mass is 422 g/mol. The molecule has 0 saturated heterocycles. The Hall–Kier alpha value is -3.72. The molecule has 0 fully saturated rings. The van der Waals surface area contributed by atoms with Crippen LogP contribution in [-0.4, -0.2) is 12.0 Å². The molecule has 0 radical (unpaired) electrons. The maximum Gasteiger partial charge on any atom is 0.152 e. The second-order valence-corrected chi connectivity index (χ2v) is 7.88. The number of nitrogens with two attached hydrogens (primary N) is 1. The topological polar surface area (TPSA) is 66.9 Å². The Labute approximate surface area is 190 Å². The summed E-state index contributed by atoms with van der Waals surface area (Å²) in [5.74, 6) is 0.0293. The number of benzene rings is 3. The maximum atomic E-state index is 11.3. The predicted octanol–water partition coefficient (Wildman–Crippen LogP) is 7.02. The average Bonchev–Trinajstić information content (AvgIpc) is 2.82. The molecule has 3 heteroatoms. The lowest BCUT2D eigenvalue weighted by Gasteiger charge is -2.18. The first-order chi connectivity index (χ1) is 15.5. The summed E-state index contributed by atoms with van der Waals surface area (Å²) >= 11 is 0. The van der Waals surface area contributed by atoms with Crippen LogP contribution >= 0.6 is 0 Å². The smallest absolute Gasteiger partial charge is 0.152 e. The second kappa shape index (κ2) is 11.1. The number of nitrogens with one attached hydrogen (secondary N) is 1. The van der Waals surface area contributed by atoms with Crippen molar-refractivity contribution in [3.8, 4) is 0 Å².